The summed E-state index contributed by atoms with van der Waals surface area (Å²) in [6.07, 6.45) is 2.05. The van der Waals surface area contributed by atoms with Gasteiger partial charge in [-0.15, -0.1) is 0 Å². The molecule has 1 N–H and O–H groups in total. The molecule has 0 radical (unpaired) electrons. The van der Waals surface area contributed by atoms with Gasteiger partial charge in [-0.3, -0.25) is 10.00 Å². The Morgan fingerprint density at radius 3 is 3.00 bits per heavy atom. The third-order valence-electron chi connectivity index (χ3n) is 3.31. The lowest BCUT2D eigenvalue weighted by molar-refractivity contribution is 0.0327. The minimum absolute atomic E-state index is 0.479. The highest BCUT2D eigenvalue weighted by atomic mass is 16.5. The molecule has 0 aliphatic carbocycles. The van der Waals surface area contributed by atoms with E-state index in [0.29, 0.717) is 24.0 Å². The van der Waals surface area contributed by atoms with Crippen LogP contribution in [0.25, 0.3) is 11.6 Å². The van der Waals surface area contributed by atoms with Crippen molar-refractivity contribution in [1.29, 1.82) is 0 Å². The highest BCUT2D eigenvalue weighted by Crippen LogP contribution is 2.16. The van der Waals surface area contributed by atoms with Crippen LogP contribution in [0.4, 0.5) is 0 Å². The van der Waals surface area contributed by atoms with Crippen LogP contribution in [0.2, 0.25) is 0 Å². The third kappa shape index (κ3) is 3.05. The normalized spacial score (nSPS) is 16.6. The monoisotopic (exact) mass is 277 g/mol. The first kappa shape index (κ1) is 13.3. The first-order valence-corrected chi connectivity index (χ1v) is 7.02. The van der Waals surface area contributed by atoms with Crippen LogP contribution in [-0.4, -0.2) is 51.5 Å². The van der Waals surface area contributed by atoms with Crippen LogP contribution >= 0.6 is 0 Å². The van der Waals surface area contributed by atoms with E-state index in [2.05, 4.69) is 32.2 Å². The maximum absolute atomic E-state index is 5.32. The predicted molar refractivity (Wildman–Crippen MR) is 72.0 cm³/mol. The lowest BCUT2D eigenvalue weighted by Gasteiger charge is -2.24. The molecule has 2 aromatic heterocycles. The van der Waals surface area contributed by atoms with E-state index in [-0.39, 0.29) is 0 Å². The van der Waals surface area contributed by atoms with Crippen molar-refractivity contribution in [3.05, 3.63) is 17.6 Å². The zero-order valence-electron chi connectivity index (χ0n) is 11.6. The number of rotatable bonds is 5. The molecule has 0 atom stereocenters. The molecule has 20 heavy (non-hydrogen) atoms. The fourth-order valence-electron chi connectivity index (χ4n) is 2.25. The number of ether oxygens (including phenoxy) is 1. The summed E-state index contributed by atoms with van der Waals surface area (Å²) in [5.74, 6) is 1.17. The average Bonchev–Trinajstić information content (AvgIpc) is 3.10. The van der Waals surface area contributed by atoms with Crippen molar-refractivity contribution >= 4 is 0 Å². The first-order valence-electron chi connectivity index (χ1n) is 7.02. The van der Waals surface area contributed by atoms with Crippen molar-refractivity contribution in [2.45, 2.75) is 26.3 Å². The Morgan fingerprint density at radius 2 is 2.20 bits per heavy atom. The molecule has 7 heteroatoms. The number of H-pyrrole nitrogens is 1. The summed E-state index contributed by atoms with van der Waals surface area (Å²) in [5, 5.41) is 11.2. The smallest absolute Gasteiger partial charge is 0.278 e. The minimum atomic E-state index is 0.479. The number of morpholine rings is 1. The number of hydrogen-bond donors (Lipinski definition) is 1. The molecular formula is C13H19N5O2. The van der Waals surface area contributed by atoms with Gasteiger partial charge < -0.3 is 9.26 Å². The van der Waals surface area contributed by atoms with Crippen LogP contribution in [-0.2, 0) is 17.7 Å². The Hall–Kier alpha value is -1.73. The second kappa shape index (κ2) is 6.15. The van der Waals surface area contributed by atoms with Crippen molar-refractivity contribution in [2.75, 3.05) is 26.3 Å². The fourth-order valence-corrected chi connectivity index (χ4v) is 2.25. The van der Waals surface area contributed by atoms with Crippen molar-refractivity contribution in [3.8, 4) is 11.6 Å². The molecule has 0 bridgehead atoms. The van der Waals surface area contributed by atoms with Crippen LogP contribution in [0.1, 0.15) is 24.9 Å². The van der Waals surface area contributed by atoms with Gasteiger partial charge in [-0.2, -0.15) is 10.1 Å². The number of aromatic amines is 1. The summed E-state index contributed by atoms with van der Waals surface area (Å²) in [7, 11) is 0. The SMILES string of the molecule is CCCc1cc(-c2nc(CN3CCOCC3)no2)n[nH]1. The van der Waals surface area contributed by atoms with Gasteiger partial charge in [0.2, 0.25) is 0 Å². The number of aromatic nitrogens is 4. The zero-order chi connectivity index (χ0) is 13.8. The summed E-state index contributed by atoms with van der Waals surface area (Å²) in [6, 6.07) is 1.97. The van der Waals surface area contributed by atoms with Crippen molar-refractivity contribution < 1.29 is 9.26 Å². The molecule has 1 aliphatic rings. The second-order valence-electron chi connectivity index (χ2n) is 4.93. The first-order chi connectivity index (χ1) is 9.85. The van der Waals surface area contributed by atoms with Crippen LogP contribution < -0.4 is 0 Å². The lowest BCUT2D eigenvalue weighted by Crippen LogP contribution is -2.35. The van der Waals surface area contributed by atoms with Crippen LogP contribution in [0.15, 0.2) is 10.6 Å². The molecule has 7 nitrogen and oxygen atoms in total. The Labute approximate surface area is 117 Å². The molecular weight excluding hydrogens is 258 g/mol. The Bertz CT molecular complexity index is 544. The van der Waals surface area contributed by atoms with Crippen LogP contribution in [0.3, 0.4) is 0 Å². The molecule has 0 aromatic carbocycles. The van der Waals surface area contributed by atoms with Crippen molar-refractivity contribution in [3.63, 3.8) is 0 Å². The summed E-state index contributed by atoms with van der Waals surface area (Å²) < 4.78 is 10.6. The van der Waals surface area contributed by atoms with Crippen LogP contribution in [0, 0.1) is 0 Å². The van der Waals surface area contributed by atoms with Crippen molar-refractivity contribution in [2.24, 2.45) is 0 Å². The number of aryl methyl sites for hydroxylation is 1. The highest BCUT2D eigenvalue weighted by Gasteiger charge is 2.16. The number of nitrogens with zero attached hydrogens (tertiary/aromatic N) is 4. The molecule has 108 valence electrons. The molecule has 1 aliphatic heterocycles. The molecule has 3 rings (SSSR count). The highest BCUT2D eigenvalue weighted by molar-refractivity contribution is 5.46. The zero-order valence-corrected chi connectivity index (χ0v) is 11.6. The maximum Gasteiger partial charge on any atom is 0.278 e. The van der Waals surface area contributed by atoms with Crippen molar-refractivity contribution in [1.82, 2.24) is 25.2 Å². The molecule has 2 aromatic rings. The topological polar surface area (TPSA) is 80.1 Å². The van der Waals surface area contributed by atoms with E-state index < -0.39 is 0 Å². The molecule has 1 saturated heterocycles. The van der Waals surface area contributed by atoms with E-state index in [1.165, 1.54) is 0 Å². The van der Waals surface area contributed by atoms with Gasteiger partial charge in [0.25, 0.3) is 5.89 Å². The largest absolute Gasteiger partial charge is 0.379 e. The minimum Gasteiger partial charge on any atom is -0.379 e. The van der Waals surface area contributed by atoms with E-state index in [1.807, 2.05) is 6.07 Å². The molecule has 1 fully saturated rings. The summed E-state index contributed by atoms with van der Waals surface area (Å²) in [5.41, 5.74) is 1.81. The summed E-state index contributed by atoms with van der Waals surface area (Å²) in [6.45, 7) is 6.18. The third-order valence-corrected chi connectivity index (χ3v) is 3.31. The van der Waals surface area contributed by atoms with E-state index in [1.54, 1.807) is 0 Å². The molecule has 0 saturated carbocycles. The van der Waals surface area contributed by atoms with Gasteiger partial charge in [0, 0.05) is 18.8 Å². The predicted octanol–water partition coefficient (Wildman–Crippen LogP) is 1.24. The average molecular weight is 277 g/mol. The Balaban J connectivity index is 1.65. The lowest BCUT2D eigenvalue weighted by atomic mass is 10.2. The van der Waals surface area contributed by atoms with Gasteiger partial charge in [0.15, 0.2) is 11.5 Å². The molecule has 3 heterocycles. The second-order valence-corrected chi connectivity index (χ2v) is 4.93. The van der Waals surface area contributed by atoms with E-state index in [4.69, 9.17) is 9.26 Å². The quantitative estimate of drug-likeness (QED) is 0.885. The fraction of sp³-hybridized carbons (Fsp3) is 0.615. The van der Waals surface area contributed by atoms with Gasteiger partial charge in [0.1, 0.15) is 0 Å². The standard InChI is InChI=1S/C13H19N5O2/c1-2-3-10-8-11(16-15-10)13-14-12(17-20-13)9-18-4-6-19-7-5-18/h8H,2-7,9H2,1H3,(H,15,16). The van der Waals surface area contributed by atoms with Gasteiger partial charge in [0.05, 0.1) is 19.8 Å². The molecule has 0 amide bonds. The van der Waals surface area contributed by atoms with Gasteiger partial charge in [-0.1, -0.05) is 18.5 Å². The van der Waals surface area contributed by atoms with E-state index >= 15 is 0 Å². The Kier molecular flexibility index (Phi) is 4.08. The Morgan fingerprint density at radius 1 is 1.35 bits per heavy atom. The molecule has 0 unspecified atom stereocenters. The summed E-state index contributed by atoms with van der Waals surface area (Å²) in [4.78, 5) is 6.66. The van der Waals surface area contributed by atoms with Gasteiger partial charge in [-0.05, 0) is 12.5 Å². The van der Waals surface area contributed by atoms with Crippen LogP contribution in [0.5, 0.6) is 0 Å². The molecule has 0 spiro atoms. The van der Waals surface area contributed by atoms with Gasteiger partial charge in [-0.25, -0.2) is 0 Å². The summed E-state index contributed by atoms with van der Waals surface area (Å²) >= 11 is 0. The van der Waals surface area contributed by atoms with E-state index in [9.17, 15) is 0 Å². The maximum atomic E-state index is 5.32. The van der Waals surface area contributed by atoms with Gasteiger partial charge >= 0.3 is 0 Å². The van der Waals surface area contributed by atoms with E-state index in [0.717, 1.165) is 44.8 Å². The number of nitrogens with one attached hydrogen (secondary N) is 1. The number of hydrogen-bond acceptors (Lipinski definition) is 6.